The Bertz CT molecular complexity index is 383. The third kappa shape index (κ3) is 3.72. The second-order valence-corrected chi connectivity index (χ2v) is 4.87. The number of pyridine rings is 1. The summed E-state index contributed by atoms with van der Waals surface area (Å²) in [7, 11) is 1.93. The molecule has 0 aromatic carbocycles. The molecule has 106 valence electrons. The first-order chi connectivity index (χ1) is 9.24. The van der Waals surface area contributed by atoms with Crippen LogP contribution in [0.2, 0.25) is 0 Å². The molecule has 0 bridgehead atoms. The van der Waals surface area contributed by atoms with E-state index in [-0.39, 0.29) is 18.0 Å². The highest BCUT2D eigenvalue weighted by atomic mass is 19.1. The average Bonchev–Trinajstić information content (AvgIpc) is 2.43. The largest absolute Gasteiger partial charge is 0.374 e. The Labute approximate surface area is 114 Å². The molecule has 1 aromatic rings. The molecule has 4 nitrogen and oxygen atoms in total. The highest BCUT2D eigenvalue weighted by Crippen LogP contribution is 2.24. The number of hydrogen-bond donors (Lipinski definition) is 1. The number of rotatable bonds is 5. The molecular formula is C14H22FN3O. The molecule has 1 saturated heterocycles. The van der Waals surface area contributed by atoms with Gasteiger partial charge < -0.3 is 10.1 Å². The van der Waals surface area contributed by atoms with Crippen molar-refractivity contribution in [2.24, 2.45) is 0 Å². The number of nitrogens with zero attached hydrogens (tertiary/aromatic N) is 2. The number of likely N-dealkylation sites (N-methyl/N-ethyl adjacent to an activating group) is 1. The molecule has 1 aliphatic rings. The number of hydrogen-bond acceptors (Lipinski definition) is 4. The summed E-state index contributed by atoms with van der Waals surface area (Å²) in [4.78, 5) is 6.60. The van der Waals surface area contributed by atoms with Crippen molar-refractivity contribution in [3.05, 3.63) is 29.8 Å². The van der Waals surface area contributed by atoms with Gasteiger partial charge in [-0.15, -0.1) is 0 Å². The molecule has 1 aromatic heterocycles. The predicted molar refractivity (Wildman–Crippen MR) is 72.5 cm³/mol. The lowest BCUT2D eigenvalue weighted by atomic mass is 10.1. The van der Waals surface area contributed by atoms with E-state index in [0.29, 0.717) is 0 Å². The van der Waals surface area contributed by atoms with Crippen molar-refractivity contribution >= 4 is 0 Å². The summed E-state index contributed by atoms with van der Waals surface area (Å²) in [5.74, 6) is -0.284. The molecule has 0 saturated carbocycles. The Morgan fingerprint density at radius 1 is 1.58 bits per heavy atom. The smallest absolute Gasteiger partial charge is 0.141 e. The lowest BCUT2D eigenvalue weighted by Crippen LogP contribution is -2.47. The zero-order valence-electron chi connectivity index (χ0n) is 11.6. The van der Waals surface area contributed by atoms with E-state index < -0.39 is 0 Å². The summed E-state index contributed by atoms with van der Waals surface area (Å²) in [6.45, 7) is 5.52. The van der Waals surface area contributed by atoms with Crippen LogP contribution in [0.5, 0.6) is 0 Å². The van der Waals surface area contributed by atoms with E-state index in [1.807, 2.05) is 7.05 Å². The van der Waals surface area contributed by atoms with Gasteiger partial charge in [0.2, 0.25) is 0 Å². The van der Waals surface area contributed by atoms with E-state index in [1.54, 1.807) is 6.07 Å². The molecule has 0 amide bonds. The number of halogens is 1. The molecule has 0 aliphatic carbocycles. The van der Waals surface area contributed by atoms with Crippen molar-refractivity contribution in [2.45, 2.75) is 25.5 Å². The van der Waals surface area contributed by atoms with Gasteiger partial charge in [0.05, 0.1) is 30.6 Å². The highest BCUT2D eigenvalue weighted by molar-refractivity contribution is 5.10. The van der Waals surface area contributed by atoms with Crippen molar-refractivity contribution in [3.63, 3.8) is 0 Å². The van der Waals surface area contributed by atoms with E-state index in [9.17, 15) is 4.39 Å². The summed E-state index contributed by atoms with van der Waals surface area (Å²) in [5, 5.41) is 3.15. The Balaban J connectivity index is 2.06. The van der Waals surface area contributed by atoms with Crippen LogP contribution in [-0.2, 0) is 4.74 Å². The summed E-state index contributed by atoms with van der Waals surface area (Å²) in [6.07, 6.45) is 2.47. The fourth-order valence-electron chi connectivity index (χ4n) is 2.62. The third-order valence-corrected chi connectivity index (χ3v) is 3.52. The minimum Gasteiger partial charge on any atom is -0.374 e. The van der Waals surface area contributed by atoms with Crippen LogP contribution in [-0.4, -0.2) is 49.3 Å². The zero-order chi connectivity index (χ0) is 13.7. The normalized spacial score (nSPS) is 22.4. The Kier molecular flexibility index (Phi) is 5.24. The highest BCUT2D eigenvalue weighted by Gasteiger charge is 2.26. The summed E-state index contributed by atoms with van der Waals surface area (Å²) in [6, 6.07) is 3.51. The minimum atomic E-state index is -0.284. The number of ether oxygens (including phenoxy) is 1. The fourth-order valence-corrected chi connectivity index (χ4v) is 2.62. The molecule has 1 N–H and O–H groups in total. The van der Waals surface area contributed by atoms with Crippen LogP contribution >= 0.6 is 0 Å². The minimum absolute atomic E-state index is 0.216. The molecule has 2 heterocycles. The maximum atomic E-state index is 13.0. The number of aromatic nitrogens is 1. The van der Waals surface area contributed by atoms with Crippen LogP contribution in [0.4, 0.5) is 4.39 Å². The van der Waals surface area contributed by atoms with Gasteiger partial charge in [-0.1, -0.05) is 6.92 Å². The van der Waals surface area contributed by atoms with Gasteiger partial charge in [-0.05, 0) is 25.6 Å². The first kappa shape index (κ1) is 14.4. The monoisotopic (exact) mass is 267 g/mol. The Morgan fingerprint density at radius 2 is 2.42 bits per heavy atom. The molecule has 2 unspecified atom stereocenters. The molecule has 0 radical (unpaired) electrons. The van der Waals surface area contributed by atoms with Gasteiger partial charge in [0.15, 0.2) is 0 Å². The number of nitrogens with one attached hydrogen (secondary N) is 1. The third-order valence-electron chi connectivity index (χ3n) is 3.52. The second kappa shape index (κ2) is 6.93. The van der Waals surface area contributed by atoms with Crippen molar-refractivity contribution in [2.75, 3.05) is 33.3 Å². The average molecular weight is 267 g/mol. The standard InChI is InChI=1S/C14H22FN3O/c1-3-14(13-5-4-11(15)8-17-13)18-6-7-19-12(10-18)9-16-2/h4-5,8,12,14,16H,3,6-7,9-10H2,1-2H3. The van der Waals surface area contributed by atoms with Crippen molar-refractivity contribution < 1.29 is 9.13 Å². The molecular weight excluding hydrogens is 245 g/mol. The topological polar surface area (TPSA) is 37.4 Å². The van der Waals surface area contributed by atoms with Crippen LogP contribution in [0.25, 0.3) is 0 Å². The van der Waals surface area contributed by atoms with Gasteiger partial charge >= 0.3 is 0 Å². The van der Waals surface area contributed by atoms with Crippen molar-refractivity contribution in [1.29, 1.82) is 0 Å². The van der Waals surface area contributed by atoms with Gasteiger partial charge in [0, 0.05) is 19.6 Å². The molecule has 1 aliphatic heterocycles. The molecule has 19 heavy (non-hydrogen) atoms. The van der Waals surface area contributed by atoms with E-state index in [1.165, 1.54) is 12.3 Å². The van der Waals surface area contributed by atoms with Gasteiger partial charge in [-0.2, -0.15) is 0 Å². The van der Waals surface area contributed by atoms with Gasteiger partial charge in [-0.3, -0.25) is 9.88 Å². The van der Waals surface area contributed by atoms with Gasteiger partial charge in [0.1, 0.15) is 5.82 Å². The van der Waals surface area contributed by atoms with Crippen LogP contribution in [0.1, 0.15) is 25.1 Å². The van der Waals surface area contributed by atoms with Gasteiger partial charge in [0.25, 0.3) is 0 Å². The lowest BCUT2D eigenvalue weighted by Gasteiger charge is -2.37. The van der Waals surface area contributed by atoms with E-state index >= 15 is 0 Å². The summed E-state index contributed by atoms with van der Waals surface area (Å²) < 4.78 is 18.7. The van der Waals surface area contributed by atoms with E-state index in [2.05, 4.69) is 22.1 Å². The maximum absolute atomic E-state index is 13.0. The Hall–Kier alpha value is -1.04. The van der Waals surface area contributed by atoms with E-state index in [0.717, 1.165) is 38.4 Å². The molecule has 5 heteroatoms. The van der Waals surface area contributed by atoms with E-state index in [4.69, 9.17) is 4.74 Å². The predicted octanol–water partition coefficient (Wildman–Crippen LogP) is 1.59. The lowest BCUT2D eigenvalue weighted by molar-refractivity contribution is -0.0429. The first-order valence-corrected chi connectivity index (χ1v) is 6.86. The van der Waals surface area contributed by atoms with Crippen molar-refractivity contribution in [1.82, 2.24) is 15.2 Å². The molecule has 2 rings (SSSR count). The maximum Gasteiger partial charge on any atom is 0.141 e. The first-order valence-electron chi connectivity index (χ1n) is 6.86. The molecule has 1 fully saturated rings. The van der Waals surface area contributed by atoms with Crippen LogP contribution < -0.4 is 5.32 Å². The van der Waals surface area contributed by atoms with Crippen molar-refractivity contribution in [3.8, 4) is 0 Å². The van der Waals surface area contributed by atoms with Crippen LogP contribution in [0.15, 0.2) is 18.3 Å². The Morgan fingerprint density at radius 3 is 3.05 bits per heavy atom. The van der Waals surface area contributed by atoms with Gasteiger partial charge in [-0.25, -0.2) is 4.39 Å². The SMILES string of the molecule is CCC(c1ccc(F)cn1)N1CCOC(CNC)C1. The summed E-state index contributed by atoms with van der Waals surface area (Å²) in [5.41, 5.74) is 0.939. The van der Waals surface area contributed by atoms with Crippen LogP contribution in [0.3, 0.4) is 0 Å². The summed E-state index contributed by atoms with van der Waals surface area (Å²) >= 11 is 0. The fraction of sp³-hybridized carbons (Fsp3) is 0.643. The molecule has 2 atom stereocenters. The van der Waals surface area contributed by atoms with Crippen LogP contribution in [0, 0.1) is 5.82 Å². The second-order valence-electron chi connectivity index (χ2n) is 4.87. The number of morpholine rings is 1. The molecule has 0 spiro atoms. The zero-order valence-corrected chi connectivity index (χ0v) is 11.6. The quantitative estimate of drug-likeness (QED) is 0.879.